The van der Waals surface area contributed by atoms with Crippen molar-refractivity contribution in [3.8, 4) is 0 Å². The second kappa shape index (κ2) is 9.32. The molecule has 3 heterocycles. The van der Waals surface area contributed by atoms with Gasteiger partial charge in [-0.05, 0) is 13.8 Å². The van der Waals surface area contributed by atoms with Gasteiger partial charge in [0.05, 0.1) is 35.6 Å². The quantitative estimate of drug-likeness (QED) is 0.612. The Morgan fingerprint density at radius 1 is 1.12 bits per heavy atom. The Kier molecular flexibility index (Phi) is 6.45. The average Bonchev–Trinajstić information content (AvgIpc) is 2.78. The molecule has 11 heteroatoms. The predicted molar refractivity (Wildman–Crippen MR) is 122 cm³/mol. The Morgan fingerprint density at radius 3 is 2.44 bits per heavy atom. The van der Waals surface area contributed by atoms with Crippen LogP contribution in [-0.2, 0) is 4.79 Å². The van der Waals surface area contributed by atoms with Crippen LogP contribution < -0.4 is 15.9 Å². The third-order valence-electron chi connectivity index (χ3n) is 5.94. The van der Waals surface area contributed by atoms with E-state index in [4.69, 9.17) is 0 Å². The molecule has 3 aromatic rings. The van der Waals surface area contributed by atoms with E-state index >= 15 is 0 Å². The van der Waals surface area contributed by atoms with E-state index in [9.17, 15) is 22.8 Å². The number of hydrogen-bond donors (Lipinski definition) is 1. The van der Waals surface area contributed by atoms with Crippen LogP contribution in [0.1, 0.15) is 43.3 Å². The number of piperazine rings is 1. The van der Waals surface area contributed by atoms with Gasteiger partial charge in [0.15, 0.2) is 0 Å². The van der Waals surface area contributed by atoms with Crippen LogP contribution in [0, 0.1) is 12.7 Å². The topological polar surface area (TPSA) is 83.4 Å². The summed E-state index contributed by atoms with van der Waals surface area (Å²) in [6.45, 7) is 6.76. The van der Waals surface area contributed by atoms with Gasteiger partial charge in [0.25, 0.3) is 12.0 Å². The molecule has 1 unspecified atom stereocenters. The van der Waals surface area contributed by atoms with Gasteiger partial charge >= 0.3 is 0 Å². The van der Waals surface area contributed by atoms with Crippen LogP contribution in [0.4, 0.5) is 19.0 Å². The normalized spacial score (nSPS) is 15.1. The molecule has 34 heavy (non-hydrogen) atoms. The van der Waals surface area contributed by atoms with E-state index in [0.29, 0.717) is 48.7 Å². The third kappa shape index (κ3) is 4.55. The van der Waals surface area contributed by atoms with Crippen LogP contribution in [0.25, 0.3) is 10.9 Å². The fourth-order valence-electron chi connectivity index (χ4n) is 4.12. The lowest BCUT2D eigenvalue weighted by Gasteiger charge is -2.36. The van der Waals surface area contributed by atoms with Gasteiger partial charge in [-0.15, -0.1) is 0 Å². The van der Waals surface area contributed by atoms with Crippen molar-refractivity contribution in [3.63, 3.8) is 0 Å². The number of anilines is 1. The summed E-state index contributed by atoms with van der Waals surface area (Å²) in [7, 11) is 0. The molecule has 1 amide bonds. The number of hydrogen-bond acceptors (Lipinski definition) is 6. The first-order valence-corrected chi connectivity index (χ1v) is 10.9. The number of pyridine rings is 1. The summed E-state index contributed by atoms with van der Waals surface area (Å²) < 4.78 is 42.4. The van der Waals surface area contributed by atoms with Crippen molar-refractivity contribution in [2.75, 3.05) is 36.5 Å². The Hall–Kier alpha value is -3.63. The molecule has 1 aliphatic heterocycles. The van der Waals surface area contributed by atoms with Crippen molar-refractivity contribution in [2.24, 2.45) is 0 Å². The molecule has 1 aromatic carbocycles. The Bertz CT molecular complexity index is 1290. The molecule has 0 bridgehead atoms. The van der Waals surface area contributed by atoms with Crippen molar-refractivity contribution in [2.45, 2.75) is 33.2 Å². The van der Waals surface area contributed by atoms with Gasteiger partial charge in [-0.25, -0.2) is 27.8 Å². The molecule has 1 N–H and O–H groups in total. The molecule has 1 saturated heterocycles. The summed E-state index contributed by atoms with van der Waals surface area (Å²) in [6, 6.07) is 4.61. The highest BCUT2D eigenvalue weighted by atomic mass is 19.3. The molecule has 180 valence electrons. The van der Waals surface area contributed by atoms with Crippen LogP contribution in [0.3, 0.4) is 0 Å². The summed E-state index contributed by atoms with van der Waals surface area (Å²) in [4.78, 5) is 34.9. The molecular formula is C23H25F3N6O2. The number of alkyl halides is 2. The number of halogens is 3. The van der Waals surface area contributed by atoms with Gasteiger partial charge < -0.3 is 15.2 Å². The highest BCUT2D eigenvalue weighted by molar-refractivity contribution is 5.88. The minimum absolute atomic E-state index is 0.0157. The standard InChI is InChI=1S/C23H25F3N6O2/c1-13(16-5-4-6-17(21(16)24)22(25)26)27-23-18-12-32(20(34)11-19(18)28-14(2)29-23)31-9-7-30(8-10-31)15(3)33/h4-6,11-13,22H,7-10H2,1-3H3,(H,27,28,29). The van der Waals surface area contributed by atoms with Gasteiger partial charge in [-0.3, -0.25) is 9.59 Å². The first-order valence-electron chi connectivity index (χ1n) is 10.9. The lowest BCUT2D eigenvalue weighted by Crippen LogP contribution is -2.54. The molecule has 2 aromatic heterocycles. The fraction of sp³-hybridized carbons (Fsp3) is 0.391. The highest BCUT2D eigenvalue weighted by Gasteiger charge is 2.22. The van der Waals surface area contributed by atoms with Crippen LogP contribution in [-0.4, -0.2) is 51.6 Å². The van der Waals surface area contributed by atoms with E-state index in [0.717, 1.165) is 6.07 Å². The second-order valence-electron chi connectivity index (χ2n) is 8.25. The molecule has 0 radical (unpaired) electrons. The van der Waals surface area contributed by atoms with Crippen LogP contribution >= 0.6 is 0 Å². The zero-order valence-electron chi connectivity index (χ0n) is 19.1. The number of carbonyl (C=O) groups excluding carboxylic acids is 1. The minimum Gasteiger partial charge on any atom is -0.363 e. The van der Waals surface area contributed by atoms with Crippen molar-refractivity contribution in [3.05, 3.63) is 63.6 Å². The molecule has 0 saturated carbocycles. The highest BCUT2D eigenvalue weighted by Crippen LogP contribution is 2.30. The Labute approximate surface area is 194 Å². The van der Waals surface area contributed by atoms with Gasteiger partial charge in [0.1, 0.15) is 17.5 Å². The zero-order valence-corrected chi connectivity index (χ0v) is 19.1. The van der Waals surface area contributed by atoms with Crippen molar-refractivity contribution in [1.82, 2.24) is 19.5 Å². The summed E-state index contributed by atoms with van der Waals surface area (Å²) >= 11 is 0. The van der Waals surface area contributed by atoms with Gasteiger partial charge in [0.2, 0.25) is 5.91 Å². The number of nitrogens with one attached hydrogen (secondary N) is 1. The fourth-order valence-corrected chi connectivity index (χ4v) is 4.12. The average molecular weight is 474 g/mol. The molecule has 1 aliphatic rings. The number of nitrogens with zero attached hydrogens (tertiary/aromatic N) is 5. The maximum absolute atomic E-state index is 14.7. The summed E-state index contributed by atoms with van der Waals surface area (Å²) in [6.07, 6.45) is -1.31. The van der Waals surface area contributed by atoms with E-state index in [-0.39, 0.29) is 17.0 Å². The minimum atomic E-state index is -2.92. The smallest absolute Gasteiger partial charge is 0.271 e. The number of rotatable bonds is 5. The number of carbonyl (C=O) groups is 1. The maximum Gasteiger partial charge on any atom is 0.271 e. The maximum atomic E-state index is 14.7. The molecule has 0 spiro atoms. The first kappa shape index (κ1) is 23.5. The molecular weight excluding hydrogens is 449 g/mol. The summed E-state index contributed by atoms with van der Waals surface area (Å²) in [5.41, 5.74) is -0.450. The third-order valence-corrected chi connectivity index (χ3v) is 5.94. The SMILES string of the molecule is CC(=O)N1CCN(n2cc3c(NC(C)c4cccc(C(F)F)c4F)nc(C)nc3cc2=O)CC1. The molecule has 1 fully saturated rings. The number of amides is 1. The molecule has 4 rings (SSSR count). The Morgan fingerprint density at radius 2 is 1.79 bits per heavy atom. The zero-order chi connectivity index (χ0) is 24.6. The Balaban J connectivity index is 1.69. The van der Waals surface area contributed by atoms with Gasteiger partial charge in [-0.1, -0.05) is 18.2 Å². The number of aromatic nitrogens is 3. The number of fused-ring (bicyclic) bond motifs is 1. The van der Waals surface area contributed by atoms with E-state index < -0.39 is 23.8 Å². The molecule has 0 aliphatic carbocycles. The van der Waals surface area contributed by atoms with E-state index in [1.54, 1.807) is 24.9 Å². The largest absolute Gasteiger partial charge is 0.363 e. The van der Waals surface area contributed by atoms with Crippen LogP contribution in [0.15, 0.2) is 35.3 Å². The summed E-state index contributed by atoms with van der Waals surface area (Å²) in [5.74, 6) is -0.227. The van der Waals surface area contributed by atoms with E-state index in [1.165, 1.54) is 29.8 Å². The molecule has 8 nitrogen and oxygen atoms in total. The molecule has 1 atom stereocenters. The van der Waals surface area contributed by atoms with E-state index in [1.807, 2.05) is 5.01 Å². The van der Waals surface area contributed by atoms with Crippen molar-refractivity contribution >= 4 is 22.6 Å². The first-order chi connectivity index (χ1) is 16.2. The second-order valence-corrected chi connectivity index (χ2v) is 8.25. The van der Waals surface area contributed by atoms with Crippen molar-refractivity contribution in [1.29, 1.82) is 0 Å². The number of benzene rings is 1. The van der Waals surface area contributed by atoms with Gasteiger partial charge in [-0.2, -0.15) is 0 Å². The van der Waals surface area contributed by atoms with E-state index in [2.05, 4.69) is 15.3 Å². The number of aryl methyl sites for hydroxylation is 1. The monoisotopic (exact) mass is 474 g/mol. The summed E-state index contributed by atoms with van der Waals surface area (Å²) in [5, 5.41) is 5.46. The van der Waals surface area contributed by atoms with Crippen LogP contribution in [0.5, 0.6) is 0 Å². The lowest BCUT2D eigenvalue weighted by atomic mass is 10.0. The van der Waals surface area contributed by atoms with Crippen molar-refractivity contribution < 1.29 is 18.0 Å². The predicted octanol–water partition coefficient (Wildman–Crippen LogP) is 3.15. The lowest BCUT2D eigenvalue weighted by molar-refractivity contribution is -0.129. The van der Waals surface area contributed by atoms with Crippen LogP contribution in [0.2, 0.25) is 0 Å². The van der Waals surface area contributed by atoms with Gasteiger partial charge in [0, 0.05) is 37.8 Å².